The van der Waals surface area contributed by atoms with Crippen molar-refractivity contribution in [2.24, 2.45) is 0 Å². The van der Waals surface area contributed by atoms with Crippen LogP contribution in [0.3, 0.4) is 0 Å². The van der Waals surface area contributed by atoms with E-state index < -0.39 is 5.82 Å². The fraction of sp³-hybridized carbons (Fsp3) is 0.0714. The van der Waals surface area contributed by atoms with Gasteiger partial charge in [-0.1, -0.05) is 11.6 Å². The average molecular weight is 287 g/mol. The van der Waals surface area contributed by atoms with Crippen LogP contribution in [0.1, 0.15) is 11.1 Å². The Kier molecular flexibility index (Phi) is 2.88. The van der Waals surface area contributed by atoms with Gasteiger partial charge >= 0.3 is 0 Å². The van der Waals surface area contributed by atoms with E-state index in [-0.39, 0.29) is 5.56 Å². The Morgan fingerprint density at radius 3 is 2.85 bits per heavy atom. The first-order valence-electron chi connectivity index (χ1n) is 5.80. The molecule has 3 aromatic rings. The summed E-state index contributed by atoms with van der Waals surface area (Å²) in [5, 5.41) is 10.3. The summed E-state index contributed by atoms with van der Waals surface area (Å²) in [6.45, 7) is 1.57. The lowest BCUT2D eigenvalue weighted by atomic mass is 10.1. The van der Waals surface area contributed by atoms with Gasteiger partial charge in [0, 0.05) is 11.8 Å². The quantitative estimate of drug-likeness (QED) is 0.644. The molecule has 0 saturated carbocycles. The van der Waals surface area contributed by atoms with Crippen LogP contribution in [0.15, 0.2) is 30.7 Å². The van der Waals surface area contributed by atoms with E-state index in [9.17, 15) is 9.65 Å². The van der Waals surface area contributed by atoms with Crippen molar-refractivity contribution in [1.29, 1.82) is 5.26 Å². The second-order valence-corrected chi connectivity index (χ2v) is 4.62. The summed E-state index contributed by atoms with van der Waals surface area (Å²) in [6.07, 6.45) is 3.09. The second-order valence-electron chi connectivity index (χ2n) is 4.27. The van der Waals surface area contributed by atoms with Crippen molar-refractivity contribution < 1.29 is 4.39 Å². The van der Waals surface area contributed by atoms with E-state index in [4.69, 9.17) is 11.6 Å². The summed E-state index contributed by atoms with van der Waals surface area (Å²) in [5.74, 6) is -0.408. The first-order valence-corrected chi connectivity index (χ1v) is 6.18. The van der Waals surface area contributed by atoms with Gasteiger partial charge in [0.05, 0.1) is 16.6 Å². The molecule has 0 fully saturated rings. The van der Waals surface area contributed by atoms with Crippen molar-refractivity contribution in [3.8, 4) is 11.8 Å². The zero-order chi connectivity index (χ0) is 14.3. The second kappa shape index (κ2) is 4.58. The minimum absolute atomic E-state index is 0.275. The fourth-order valence-corrected chi connectivity index (χ4v) is 2.32. The van der Waals surface area contributed by atoms with Crippen LogP contribution in [0.5, 0.6) is 0 Å². The van der Waals surface area contributed by atoms with Crippen LogP contribution in [0, 0.1) is 24.1 Å². The summed E-state index contributed by atoms with van der Waals surface area (Å²) < 4.78 is 15.3. The molecule has 0 saturated heterocycles. The number of benzene rings is 1. The average Bonchev–Trinajstić information content (AvgIpc) is 2.87. The molecular formula is C14H8ClFN4. The van der Waals surface area contributed by atoms with Gasteiger partial charge in [0.15, 0.2) is 0 Å². The number of halogens is 2. The lowest BCUT2D eigenvalue weighted by Crippen LogP contribution is -2.01. The number of fused-ring (bicyclic) bond motifs is 1. The SMILES string of the molecule is Cc1c(F)ccc(-n2ccc3c(Cl)ncnc32)c1C#N. The minimum Gasteiger partial charge on any atom is -0.300 e. The largest absolute Gasteiger partial charge is 0.300 e. The third-order valence-corrected chi connectivity index (χ3v) is 3.48. The van der Waals surface area contributed by atoms with Crippen LogP contribution in [-0.4, -0.2) is 14.5 Å². The van der Waals surface area contributed by atoms with Gasteiger partial charge in [-0.2, -0.15) is 5.26 Å². The number of hydrogen-bond donors (Lipinski definition) is 0. The number of nitrogens with zero attached hydrogens (tertiary/aromatic N) is 4. The molecule has 0 unspecified atom stereocenters. The van der Waals surface area contributed by atoms with Gasteiger partial charge in [-0.05, 0) is 25.1 Å². The highest BCUT2D eigenvalue weighted by Crippen LogP contribution is 2.26. The molecular weight excluding hydrogens is 279 g/mol. The summed E-state index contributed by atoms with van der Waals surface area (Å²) in [6, 6.07) is 6.68. The summed E-state index contributed by atoms with van der Waals surface area (Å²) in [7, 11) is 0. The van der Waals surface area contributed by atoms with Crippen molar-refractivity contribution in [3.63, 3.8) is 0 Å². The fourth-order valence-electron chi connectivity index (χ4n) is 2.13. The maximum Gasteiger partial charge on any atom is 0.149 e. The molecule has 0 atom stereocenters. The molecule has 0 spiro atoms. The van der Waals surface area contributed by atoms with E-state index in [1.807, 2.05) is 6.07 Å². The Balaban J connectivity index is 2.35. The lowest BCUT2D eigenvalue weighted by Gasteiger charge is -2.09. The van der Waals surface area contributed by atoms with Crippen molar-refractivity contribution in [1.82, 2.24) is 14.5 Å². The van der Waals surface area contributed by atoms with E-state index in [2.05, 4.69) is 9.97 Å². The molecule has 0 N–H and O–H groups in total. The molecule has 0 aliphatic carbocycles. The summed E-state index contributed by atoms with van der Waals surface area (Å²) >= 11 is 6.00. The Morgan fingerprint density at radius 1 is 1.30 bits per heavy atom. The van der Waals surface area contributed by atoms with Gasteiger partial charge in [0.1, 0.15) is 29.0 Å². The molecule has 0 amide bonds. The lowest BCUT2D eigenvalue weighted by molar-refractivity contribution is 0.617. The maximum atomic E-state index is 13.6. The highest BCUT2D eigenvalue weighted by atomic mass is 35.5. The Labute approximate surface area is 119 Å². The van der Waals surface area contributed by atoms with Gasteiger partial charge in [-0.15, -0.1) is 0 Å². The molecule has 0 radical (unpaired) electrons. The molecule has 98 valence electrons. The number of rotatable bonds is 1. The van der Waals surface area contributed by atoms with Crippen molar-refractivity contribution in [2.45, 2.75) is 6.92 Å². The topological polar surface area (TPSA) is 54.5 Å². The Hall–Kier alpha value is -2.45. The summed E-state index contributed by atoms with van der Waals surface area (Å²) in [5.41, 5.74) is 1.73. The van der Waals surface area contributed by atoms with Gasteiger partial charge in [0.2, 0.25) is 0 Å². The predicted octanol–water partition coefficient (Wildman–Crippen LogP) is 3.39. The normalized spacial score (nSPS) is 10.7. The van der Waals surface area contributed by atoms with Crippen LogP contribution in [-0.2, 0) is 0 Å². The number of aromatic nitrogens is 3. The zero-order valence-corrected chi connectivity index (χ0v) is 11.2. The van der Waals surface area contributed by atoms with E-state index >= 15 is 0 Å². The van der Waals surface area contributed by atoms with Gasteiger partial charge in [0.25, 0.3) is 0 Å². The van der Waals surface area contributed by atoms with Crippen LogP contribution >= 0.6 is 11.6 Å². The van der Waals surface area contributed by atoms with Crippen molar-refractivity contribution >= 4 is 22.6 Å². The standard InChI is InChI=1S/C14H8ClFN4/c1-8-10(6-17)12(3-2-11(8)16)20-5-4-9-13(15)18-7-19-14(9)20/h2-5,7H,1H3. The predicted molar refractivity (Wildman–Crippen MR) is 73.3 cm³/mol. The van der Waals surface area contributed by atoms with Crippen LogP contribution in [0.2, 0.25) is 5.15 Å². The monoisotopic (exact) mass is 286 g/mol. The highest BCUT2D eigenvalue weighted by molar-refractivity contribution is 6.33. The van der Waals surface area contributed by atoms with Gasteiger partial charge in [-0.3, -0.25) is 4.57 Å². The molecule has 1 aromatic carbocycles. The minimum atomic E-state index is -0.408. The van der Waals surface area contributed by atoms with Crippen LogP contribution < -0.4 is 0 Å². The Morgan fingerprint density at radius 2 is 2.10 bits per heavy atom. The maximum absolute atomic E-state index is 13.6. The third-order valence-electron chi connectivity index (χ3n) is 3.18. The molecule has 4 nitrogen and oxygen atoms in total. The first kappa shape index (κ1) is 12.6. The Bertz CT molecular complexity index is 863. The molecule has 0 bridgehead atoms. The molecule has 2 heterocycles. The molecule has 0 aliphatic heterocycles. The van der Waals surface area contributed by atoms with Gasteiger partial charge < -0.3 is 0 Å². The van der Waals surface area contributed by atoms with E-state index in [0.29, 0.717) is 27.4 Å². The van der Waals surface area contributed by atoms with Crippen LogP contribution in [0.4, 0.5) is 4.39 Å². The highest BCUT2D eigenvalue weighted by Gasteiger charge is 2.14. The van der Waals surface area contributed by atoms with Crippen molar-refractivity contribution in [2.75, 3.05) is 0 Å². The number of hydrogen-bond acceptors (Lipinski definition) is 3. The zero-order valence-electron chi connectivity index (χ0n) is 10.4. The third kappa shape index (κ3) is 1.74. The molecule has 2 aromatic heterocycles. The van der Waals surface area contributed by atoms with E-state index in [1.165, 1.54) is 12.4 Å². The molecule has 0 aliphatic rings. The van der Waals surface area contributed by atoms with E-state index in [0.717, 1.165) is 0 Å². The smallest absolute Gasteiger partial charge is 0.149 e. The summed E-state index contributed by atoms with van der Waals surface area (Å²) in [4.78, 5) is 8.07. The number of nitriles is 1. The van der Waals surface area contributed by atoms with Crippen molar-refractivity contribution in [3.05, 3.63) is 52.8 Å². The van der Waals surface area contributed by atoms with Crippen LogP contribution in [0.25, 0.3) is 16.7 Å². The van der Waals surface area contributed by atoms with E-state index in [1.54, 1.807) is 29.8 Å². The first-order chi connectivity index (χ1) is 9.63. The molecule has 6 heteroatoms. The molecule has 3 rings (SSSR count). The molecule has 20 heavy (non-hydrogen) atoms. The van der Waals surface area contributed by atoms with Gasteiger partial charge in [-0.25, -0.2) is 14.4 Å².